The van der Waals surface area contributed by atoms with Crippen molar-refractivity contribution in [3.8, 4) is 0 Å². The molecule has 25 heavy (non-hydrogen) atoms. The van der Waals surface area contributed by atoms with Crippen LogP contribution < -0.4 is 4.90 Å². The molecule has 4 rings (SSSR count). The maximum absolute atomic E-state index is 6.03. The Balaban J connectivity index is 1.49. The van der Waals surface area contributed by atoms with Crippen molar-refractivity contribution in [2.45, 2.75) is 32.4 Å². The Kier molecular flexibility index (Phi) is 4.90. The first-order chi connectivity index (χ1) is 12.3. The van der Waals surface area contributed by atoms with E-state index in [0.717, 1.165) is 62.4 Å². The van der Waals surface area contributed by atoms with Gasteiger partial charge in [0.05, 0.1) is 18.0 Å². The van der Waals surface area contributed by atoms with Gasteiger partial charge < -0.3 is 9.64 Å². The van der Waals surface area contributed by atoms with Crippen LogP contribution in [0, 0.1) is 6.92 Å². The summed E-state index contributed by atoms with van der Waals surface area (Å²) in [6.07, 6.45) is 4.34. The van der Waals surface area contributed by atoms with Crippen molar-refractivity contribution in [2.75, 3.05) is 37.7 Å². The minimum absolute atomic E-state index is 0.000477. The lowest BCUT2D eigenvalue weighted by Gasteiger charge is -2.32. The van der Waals surface area contributed by atoms with Crippen LogP contribution >= 0.6 is 0 Å². The standard InChI is InChI=1S/C19H25N5O/c1-15-21-17(12-19(22-15)24-8-4-5-9-24)18-14-23(10-11-25-18)13-16-6-2-3-7-20-16/h2-3,6-7,12,18H,4-5,8-11,13-14H2,1H3. The molecule has 0 bridgehead atoms. The molecule has 2 aliphatic heterocycles. The molecule has 1 unspecified atom stereocenters. The van der Waals surface area contributed by atoms with Crippen molar-refractivity contribution in [1.82, 2.24) is 19.9 Å². The van der Waals surface area contributed by atoms with Crippen LogP contribution in [0.25, 0.3) is 0 Å². The fourth-order valence-corrected chi connectivity index (χ4v) is 3.59. The fourth-order valence-electron chi connectivity index (χ4n) is 3.59. The van der Waals surface area contributed by atoms with E-state index in [2.05, 4.69) is 36.9 Å². The van der Waals surface area contributed by atoms with Gasteiger partial charge in [0.15, 0.2) is 0 Å². The molecular formula is C19H25N5O. The largest absolute Gasteiger partial charge is 0.369 e. The van der Waals surface area contributed by atoms with E-state index in [-0.39, 0.29) is 6.10 Å². The number of anilines is 1. The van der Waals surface area contributed by atoms with Gasteiger partial charge in [-0.25, -0.2) is 9.97 Å². The van der Waals surface area contributed by atoms with Crippen molar-refractivity contribution in [2.24, 2.45) is 0 Å². The van der Waals surface area contributed by atoms with Crippen molar-refractivity contribution < 1.29 is 4.74 Å². The van der Waals surface area contributed by atoms with E-state index in [1.165, 1.54) is 12.8 Å². The Hall–Kier alpha value is -2.05. The van der Waals surface area contributed by atoms with Crippen LogP contribution in [0.2, 0.25) is 0 Å². The second-order valence-corrected chi connectivity index (χ2v) is 6.81. The van der Waals surface area contributed by atoms with Crippen LogP contribution in [0.3, 0.4) is 0 Å². The summed E-state index contributed by atoms with van der Waals surface area (Å²) < 4.78 is 6.03. The Bertz CT molecular complexity index is 702. The number of nitrogens with zero attached hydrogens (tertiary/aromatic N) is 5. The highest BCUT2D eigenvalue weighted by Crippen LogP contribution is 2.26. The molecule has 2 fully saturated rings. The van der Waals surface area contributed by atoms with Crippen LogP contribution in [-0.4, -0.2) is 52.6 Å². The first-order valence-electron chi connectivity index (χ1n) is 9.12. The highest BCUT2D eigenvalue weighted by Gasteiger charge is 2.25. The third-order valence-electron chi connectivity index (χ3n) is 4.87. The number of hydrogen-bond donors (Lipinski definition) is 0. The van der Waals surface area contributed by atoms with Gasteiger partial charge >= 0.3 is 0 Å². The Labute approximate surface area is 148 Å². The number of aryl methyl sites for hydroxylation is 1. The molecule has 2 aromatic rings. The molecule has 2 aliphatic rings. The number of aromatic nitrogens is 3. The van der Waals surface area contributed by atoms with E-state index in [1.54, 1.807) is 0 Å². The average molecular weight is 339 g/mol. The summed E-state index contributed by atoms with van der Waals surface area (Å²) in [6.45, 7) is 7.49. The molecule has 1 atom stereocenters. The van der Waals surface area contributed by atoms with E-state index in [9.17, 15) is 0 Å². The summed E-state index contributed by atoms with van der Waals surface area (Å²) in [4.78, 5) is 18.5. The van der Waals surface area contributed by atoms with Gasteiger partial charge in [0.2, 0.25) is 0 Å². The van der Waals surface area contributed by atoms with Crippen molar-refractivity contribution >= 4 is 5.82 Å². The molecule has 4 heterocycles. The van der Waals surface area contributed by atoms with Crippen molar-refractivity contribution in [3.63, 3.8) is 0 Å². The minimum Gasteiger partial charge on any atom is -0.369 e. The lowest BCUT2D eigenvalue weighted by atomic mass is 10.1. The number of pyridine rings is 1. The van der Waals surface area contributed by atoms with Gasteiger partial charge in [-0.1, -0.05) is 6.07 Å². The van der Waals surface area contributed by atoms with E-state index in [0.29, 0.717) is 0 Å². The van der Waals surface area contributed by atoms with Crippen molar-refractivity contribution in [3.05, 3.63) is 47.7 Å². The van der Waals surface area contributed by atoms with Crippen LogP contribution in [0.1, 0.15) is 36.2 Å². The van der Waals surface area contributed by atoms with Gasteiger partial charge in [0, 0.05) is 45.0 Å². The van der Waals surface area contributed by atoms with Gasteiger partial charge in [-0.2, -0.15) is 0 Å². The number of rotatable bonds is 4. The highest BCUT2D eigenvalue weighted by molar-refractivity contribution is 5.41. The zero-order chi connectivity index (χ0) is 17.1. The average Bonchev–Trinajstić information content (AvgIpc) is 3.17. The molecular weight excluding hydrogens is 314 g/mol. The van der Waals surface area contributed by atoms with E-state index < -0.39 is 0 Å². The summed E-state index contributed by atoms with van der Waals surface area (Å²) in [6, 6.07) is 8.18. The van der Waals surface area contributed by atoms with Gasteiger partial charge in [0.25, 0.3) is 0 Å². The SMILES string of the molecule is Cc1nc(C2CN(Cc3ccccn3)CCO2)cc(N2CCCC2)n1. The van der Waals surface area contributed by atoms with Crippen molar-refractivity contribution in [1.29, 1.82) is 0 Å². The van der Waals surface area contributed by atoms with Crippen LogP contribution in [-0.2, 0) is 11.3 Å². The Morgan fingerprint density at radius 2 is 2.04 bits per heavy atom. The third kappa shape index (κ3) is 3.96. The second kappa shape index (κ2) is 7.45. The van der Waals surface area contributed by atoms with Crippen LogP contribution in [0.15, 0.2) is 30.5 Å². The van der Waals surface area contributed by atoms with Crippen LogP contribution in [0.4, 0.5) is 5.82 Å². The zero-order valence-electron chi connectivity index (χ0n) is 14.8. The molecule has 0 aromatic carbocycles. The first kappa shape index (κ1) is 16.4. The zero-order valence-corrected chi connectivity index (χ0v) is 14.8. The predicted octanol–water partition coefficient (Wildman–Crippen LogP) is 2.35. The lowest BCUT2D eigenvalue weighted by Crippen LogP contribution is -2.38. The van der Waals surface area contributed by atoms with Gasteiger partial charge in [-0.15, -0.1) is 0 Å². The second-order valence-electron chi connectivity index (χ2n) is 6.81. The smallest absolute Gasteiger partial charge is 0.132 e. The molecule has 0 N–H and O–H groups in total. The maximum Gasteiger partial charge on any atom is 0.132 e. The normalized spacial score (nSPS) is 21.6. The fraction of sp³-hybridized carbons (Fsp3) is 0.526. The number of hydrogen-bond acceptors (Lipinski definition) is 6. The van der Waals surface area contributed by atoms with Gasteiger partial charge in [0.1, 0.15) is 17.7 Å². The molecule has 132 valence electrons. The summed E-state index contributed by atoms with van der Waals surface area (Å²) in [5.74, 6) is 1.87. The summed E-state index contributed by atoms with van der Waals surface area (Å²) >= 11 is 0. The molecule has 0 spiro atoms. The third-order valence-corrected chi connectivity index (χ3v) is 4.87. The van der Waals surface area contributed by atoms with E-state index in [4.69, 9.17) is 4.74 Å². The summed E-state index contributed by atoms with van der Waals surface area (Å²) in [5, 5.41) is 0. The van der Waals surface area contributed by atoms with E-state index in [1.807, 2.05) is 25.3 Å². The van der Waals surface area contributed by atoms with Crippen LogP contribution in [0.5, 0.6) is 0 Å². The molecule has 2 aromatic heterocycles. The Morgan fingerprint density at radius 1 is 1.16 bits per heavy atom. The molecule has 6 heteroatoms. The predicted molar refractivity (Wildman–Crippen MR) is 96.4 cm³/mol. The minimum atomic E-state index is 0.000477. The summed E-state index contributed by atoms with van der Waals surface area (Å²) in [5.41, 5.74) is 2.10. The lowest BCUT2D eigenvalue weighted by molar-refractivity contribution is -0.0354. The highest BCUT2D eigenvalue weighted by atomic mass is 16.5. The molecule has 0 saturated carbocycles. The Morgan fingerprint density at radius 3 is 2.84 bits per heavy atom. The molecule has 0 radical (unpaired) electrons. The molecule has 2 saturated heterocycles. The number of morpholine rings is 1. The quantitative estimate of drug-likeness (QED) is 0.852. The molecule has 0 aliphatic carbocycles. The molecule has 0 amide bonds. The monoisotopic (exact) mass is 339 g/mol. The van der Waals surface area contributed by atoms with Gasteiger partial charge in [-0.3, -0.25) is 9.88 Å². The van der Waals surface area contributed by atoms with E-state index >= 15 is 0 Å². The maximum atomic E-state index is 6.03. The van der Waals surface area contributed by atoms with Gasteiger partial charge in [-0.05, 0) is 31.9 Å². The topological polar surface area (TPSA) is 54.4 Å². The number of ether oxygens (including phenoxy) is 1. The molecule has 6 nitrogen and oxygen atoms in total. The summed E-state index contributed by atoms with van der Waals surface area (Å²) in [7, 11) is 0. The first-order valence-corrected chi connectivity index (χ1v) is 9.12.